The fourth-order valence-corrected chi connectivity index (χ4v) is 2.38. The maximum absolute atomic E-state index is 12.0. The van der Waals surface area contributed by atoms with Crippen LogP contribution in [-0.2, 0) is 11.8 Å². The van der Waals surface area contributed by atoms with Crippen molar-refractivity contribution >= 4 is 12.0 Å². The summed E-state index contributed by atoms with van der Waals surface area (Å²) in [4.78, 5) is 16.1. The number of rotatable bonds is 4. The lowest BCUT2D eigenvalue weighted by molar-refractivity contribution is -0.128. The molecule has 0 saturated heterocycles. The SMILES string of the molecule is Cc1nn(C)c(C)c1C=CC(=O)Oc1cccc(-c2ncn[nH]2)c1. The molecule has 3 rings (SSSR count). The number of aromatic amines is 1. The largest absolute Gasteiger partial charge is 0.423 e. The smallest absolute Gasteiger partial charge is 0.336 e. The Morgan fingerprint density at radius 1 is 1.33 bits per heavy atom. The Bertz CT molecular complexity index is 894. The third kappa shape index (κ3) is 3.24. The molecule has 0 radical (unpaired) electrons. The second-order valence-corrected chi connectivity index (χ2v) is 5.32. The first-order valence-electron chi connectivity index (χ1n) is 7.40. The van der Waals surface area contributed by atoms with Crippen molar-refractivity contribution in [3.63, 3.8) is 0 Å². The minimum absolute atomic E-state index is 0.443. The summed E-state index contributed by atoms with van der Waals surface area (Å²) in [5.41, 5.74) is 3.57. The lowest BCUT2D eigenvalue weighted by atomic mass is 10.2. The van der Waals surface area contributed by atoms with Gasteiger partial charge < -0.3 is 4.74 Å². The molecule has 122 valence electrons. The average Bonchev–Trinajstić information content (AvgIpc) is 3.16. The Kier molecular flexibility index (Phi) is 4.24. The van der Waals surface area contributed by atoms with E-state index in [2.05, 4.69) is 20.3 Å². The Balaban J connectivity index is 1.73. The second-order valence-electron chi connectivity index (χ2n) is 5.32. The van der Waals surface area contributed by atoms with Gasteiger partial charge in [0, 0.05) is 29.9 Å². The molecule has 1 aromatic carbocycles. The van der Waals surface area contributed by atoms with Gasteiger partial charge in [-0.15, -0.1) is 0 Å². The van der Waals surface area contributed by atoms with Gasteiger partial charge in [0.05, 0.1) is 5.69 Å². The second kappa shape index (κ2) is 6.49. The number of carbonyl (C=O) groups excluding carboxylic acids is 1. The standard InChI is InChI=1S/C17H17N5O2/c1-11-15(12(2)22(3)21-11)7-8-16(23)24-14-6-4-5-13(9-14)17-18-10-19-20-17/h4-10H,1-3H3,(H,18,19,20). The summed E-state index contributed by atoms with van der Waals surface area (Å²) in [6.07, 6.45) is 4.55. The maximum Gasteiger partial charge on any atom is 0.336 e. The lowest BCUT2D eigenvalue weighted by Crippen LogP contribution is -2.03. The molecular weight excluding hydrogens is 306 g/mol. The van der Waals surface area contributed by atoms with Gasteiger partial charge in [0.1, 0.15) is 12.1 Å². The molecule has 7 heteroatoms. The van der Waals surface area contributed by atoms with Crippen LogP contribution in [0.25, 0.3) is 17.5 Å². The van der Waals surface area contributed by atoms with Gasteiger partial charge in [-0.25, -0.2) is 9.78 Å². The van der Waals surface area contributed by atoms with E-state index in [4.69, 9.17) is 4.74 Å². The van der Waals surface area contributed by atoms with E-state index in [0.717, 1.165) is 22.5 Å². The Morgan fingerprint density at radius 3 is 2.83 bits per heavy atom. The molecule has 2 aromatic heterocycles. The Morgan fingerprint density at radius 2 is 2.17 bits per heavy atom. The number of hydrogen-bond acceptors (Lipinski definition) is 5. The summed E-state index contributed by atoms with van der Waals surface area (Å²) < 4.78 is 7.13. The van der Waals surface area contributed by atoms with E-state index in [1.165, 1.54) is 12.4 Å². The first kappa shape index (κ1) is 15.7. The highest BCUT2D eigenvalue weighted by molar-refractivity contribution is 5.89. The van der Waals surface area contributed by atoms with E-state index >= 15 is 0 Å². The number of hydrogen-bond donors (Lipinski definition) is 1. The van der Waals surface area contributed by atoms with Gasteiger partial charge in [-0.2, -0.15) is 10.2 Å². The number of aryl methyl sites for hydroxylation is 2. The lowest BCUT2D eigenvalue weighted by Gasteiger charge is -2.03. The summed E-state index contributed by atoms with van der Waals surface area (Å²) in [5, 5.41) is 10.9. The molecular formula is C17H17N5O2. The predicted molar refractivity (Wildman–Crippen MR) is 89.2 cm³/mol. The van der Waals surface area contributed by atoms with Crippen LogP contribution < -0.4 is 4.74 Å². The van der Waals surface area contributed by atoms with Crippen LogP contribution in [0.5, 0.6) is 5.75 Å². The summed E-state index contributed by atoms with van der Waals surface area (Å²) in [5.74, 6) is 0.607. The van der Waals surface area contributed by atoms with Crippen LogP contribution in [0.4, 0.5) is 0 Å². The number of aromatic nitrogens is 5. The molecule has 0 bridgehead atoms. The van der Waals surface area contributed by atoms with Crippen molar-refractivity contribution in [1.82, 2.24) is 25.0 Å². The van der Waals surface area contributed by atoms with Crippen LogP contribution in [0.2, 0.25) is 0 Å². The number of ether oxygens (including phenoxy) is 1. The van der Waals surface area contributed by atoms with Crippen LogP contribution in [0.3, 0.4) is 0 Å². The van der Waals surface area contributed by atoms with Gasteiger partial charge in [0.2, 0.25) is 0 Å². The first-order chi connectivity index (χ1) is 11.5. The van der Waals surface area contributed by atoms with Gasteiger partial charge in [-0.1, -0.05) is 12.1 Å². The third-order valence-electron chi connectivity index (χ3n) is 3.69. The fraction of sp³-hybridized carbons (Fsp3) is 0.176. The van der Waals surface area contributed by atoms with Crippen molar-refractivity contribution in [1.29, 1.82) is 0 Å². The zero-order chi connectivity index (χ0) is 17.1. The molecule has 24 heavy (non-hydrogen) atoms. The van der Waals surface area contributed by atoms with Gasteiger partial charge in [0.25, 0.3) is 0 Å². The monoisotopic (exact) mass is 323 g/mol. The highest BCUT2D eigenvalue weighted by Crippen LogP contribution is 2.21. The van der Waals surface area contributed by atoms with Crippen molar-refractivity contribution in [2.75, 3.05) is 0 Å². The number of benzene rings is 1. The number of esters is 1. The van der Waals surface area contributed by atoms with E-state index in [1.807, 2.05) is 27.0 Å². The van der Waals surface area contributed by atoms with Gasteiger partial charge in [-0.3, -0.25) is 9.78 Å². The maximum atomic E-state index is 12.0. The van der Waals surface area contributed by atoms with E-state index in [1.54, 1.807) is 29.0 Å². The molecule has 7 nitrogen and oxygen atoms in total. The van der Waals surface area contributed by atoms with Crippen LogP contribution in [0, 0.1) is 13.8 Å². The highest BCUT2D eigenvalue weighted by atomic mass is 16.5. The minimum Gasteiger partial charge on any atom is -0.423 e. The Labute approximate surface area is 139 Å². The van der Waals surface area contributed by atoms with Gasteiger partial charge in [0.15, 0.2) is 5.82 Å². The zero-order valence-corrected chi connectivity index (χ0v) is 13.6. The summed E-state index contributed by atoms with van der Waals surface area (Å²) in [6.45, 7) is 3.85. The molecule has 0 aliphatic heterocycles. The molecule has 2 heterocycles. The molecule has 3 aromatic rings. The van der Waals surface area contributed by atoms with E-state index in [0.29, 0.717) is 11.6 Å². The number of nitrogens with zero attached hydrogens (tertiary/aromatic N) is 4. The number of H-pyrrole nitrogens is 1. The van der Waals surface area contributed by atoms with Crippen molar-refractivity contribution in [3.05, 3.63) is 53.6 Å². The first-order valence-corrected chi connectivity index (χ1v) is 7.40. The van der Waals surface area contributed by atoms with Gasteiger partial charge in [-0.05, 0) is 32.1 Å². The number of carbonyl (C=O) groups is 1. The minimum atomic E-state index is -0.452. The van der Waals surface area contributed by atoms with Crippen molar-refractivity contribution in [2.45, 2.75) is 13.8 Å². The molecule has 0 unspecified atom stereocenters. The summed E-state index contributed by atoms with van der Waals surface area (Å²) in [6, 6.07) is 7.09. The summed E-state index contributed by atoms with van der Waals surface area (Å²) in [7, 11) is 1.87. The predicted octanol–water partition coefficient (Wildman–Crippen LogP) is 2.44. The molecule has 1 N–H and O–H groups in total. The van der Waals surface area contributed by atoms with Crippen LogP contribution >= 0.6 is 0 Å². The third-order valence-corrected chi connectivity index (χ3v) is 3.69. The topological polar surface area (TPSA) is 85.7 Å². The van der Waals surface area contributed by atoms with Crippen molar-refractivity contribution < 1.29 is 9.53 Å². The molecule has 0 saturated carbocycles. The molecule has 0 amide bonds. The summed E-state index contributed by atoms with van der Waals surface area (Å²) >= 11 is 0. The van der Waals surface area contributed by atoms with E-state index in [9.17, 15) is 4.79 Å². The van der Waals surface area contributed by atoms with Crippen molar-refractivity contribution in [3.8, 4) is 17.1 Å². The quantitative estimate of drug-likeness (QED) is 0.453. The van der Waals surface area contributed by atoms with Crippen LogP contribution in [0.1, 0.15) is 17.0 Å². The van der Waals surface area contributed by atoms with E-state index in [-0.39, 0.29) is 0 Å². The number of nitrogens with one attached hydrogen (secondary N) is 1. The van der Waals surface area contributed by atoms with E-state index < -0.39 is 5.97 Å². The zero-order valence-electron chi connectivity index (χ0n) is 13.6. The van der Waals surface area contributed by atoms with Crippen LogP contribution in [-0.4, -0.2) is 30.9 Å². The van der Waals surface area contributed by atoms with Gasteiger partial charge >= 0.3 is 5.97 Å². The highest BCUT2D eigenvalue weighted by Gasteiger charge is 2.08. The Hall–Kier alpha value is -3.22. The molecule has 0 aliphatic rings. The molecule has 0 spiro atoms. The van der Waals surface area contributed by atoms with Crippen molar-refractivity contribution in [2.24, 2.45) is 7.05 Å². The molecule has 0 atom stereocenters. The molecule has 0 aliphatic carbocycles. The molecule has 0 fully saturated rings. The van der Waals surface area contributed by atoms with Crippen LogP contribution in [0.15, 0.2) is 36.7 Å². The fourth-order valence-electron chi connectivity index (χ4n) is 2.38. The average molecular weight is 323 g/mol. The normalized spacial score (nSPS) is 11.1.